The largest absolute Gasteiger partial charge is 0.497 e. The van der Waals surface area contributed by atoms with Crippen molar-refractivity contribution < 1.29 is 23.9 Å². The van der Waals surface area contributed by atoms with Crippen molar-refractivity contribution in [1.82, 2.24) is 5.32 Å². The summed E-state index contributed by atoms with van der Waals surface area (Å²) in [7, 11) is 1.56. The number of carbonyl (C=O) groups is 3. The fourth-order valence-electron chi connectivity index (χ4n) is 3.30. The molecule has 0 spiro atoms. The maximum Gasteiger partial charge on any atom is 0.334 e. The molecule has 7 heteroatoms. The van der Waals surface area contributed by atoms with Crippen LogP contribution in [-0.2, 0) is 14.3 Å². The summed E-state index contributed by atoms with van der Waals surface area (Å²) in [4.78, 5) is 38.9. The van der Waals surface area contributed by atoms with Crippen LogP contribution in [0.4, 0.5) is 5.69 Å². The van der Waals surface area contributed by atoms with Gasteiger partial charge in [0, 0.05) is 11.3 Å². The maximum absolute atomic E-state index is 13.2. The number of ether oxygens (including phenoxy) is 2. The first-order valence-electron chi connectivity index (χ1n) is 11.0. The number of hydrogen-bond acceptors (Lipinski definition) is 5. The Kier molecular flexibility index (Phi) is 8.40. The van der Waals surface area contributed by atoms with Crippen molar-refractivity contribution in [2.24, 2.45) is 5.92 Å². The van der Waals surface area contributed by atoms with Crippen LogP contribution in [0.25, 0.3) is 0 Å². The van der Waals surface area contributed by atoms with Gasteiger partial charge in [0.05, 0.1) is 7.11 Å². The number of anilines is 1. The lowest BCUT2D eigenvalue weighted by molar-refractivity contribution is -0.158. The third-order valence-corrected chi connectivity index (χ3v) is 5.14. The van der Waals surface area contributed by atoms with Crippen molar-refractivity contribution >= 4 is 23.5 Å². The van der Waals surface area contributed by atoms with E-state index in [1.165, 1.54) is 0 Å². The Morgan fingerprint density at radius 1 is 0.794 bits per heavy atom. The molecule has 0 heterocycles. The van der Waals surface area contributed by atoms with E-state index < -0.39 is 29.9 Å². The van der Waals surface area contributed by atoms with Gasteiger partial charge in [-0.2, -0.15) is 0 Å². The lowest BCUT2D eigenvalue weighted by Gasteiger charge is -2.24. The molecule has 2 atom stereocenters. The molecule has 3 aromatic carbocycles. The molecule has 0 saturated heterocycles. The molecule has 0 aliphatic heterocycles. The van der Waals surface area contributed by atoms with Crippen LogP contribution < -0.4 is 15.4 Å². The SMILES string of the molecule is COc1ccc(NC(=O)[C@@H](OC(=O)[C@@H](NC(=O)c2ccccc2)c2ccccc2)C(C)C)cc1. The van der Waals surface area contributed by atoms with Gasteiger partial charge in [0.2, 0.25) is 0 Å². The molecule has 34 heavy (non-hydrogen) atoms. The summed E-state index contributed by atoms with van der Waals surface area (Å²) in [6, 6.07) is 23.1. The predicted molar refractivity (Wildman–Crippen MR) is 129 cm³/mol. The Morgan fingerprint density at radius 2 is 1.38 bits per heavy atom. The Bertz CT molecular complexity index is 1100. The molecule has 3 aromatic rings. The lowest BCUT2D eigenvalue weighted by atomic mass is 10.0. The average molecular weight is 461 g/mol. The molecule has 0 aliphatic rings. The molecular formula is C27H28N2O5. The van der Waals surface area contributed by atoms with Crippen LogP contribution in [0.15, 0.2) is 84.9 Å². The van der Waals surface area contributed by atoms with Crippen LogP contribution in [0, 0.1) is 5.92 Å². The second kappa shape index (κ2) is 11.7. The summed E-state index contributed by atoms with van der Waals surface area (Å²) in [5.41, 5.74) is 1.51. The van der Waals surface area contributed by atoms with Crippen LogP contribution in [0.1, 0.15) is 35.8 Å². The molecule has 0 radical (unpaired) electrons. The Morgan fingerprint density at radius 3 is 1.94 bits per heavy atom. The van der Waals surface area contributed by atoms with Crippen LogP contribution in [0.5, 0.6) is 5.75 Å². The molecule has 3 rings (SSSR count). The third kappa shape index (κ3) is 6.45. The van der Waals surface area contributed by atoms with Crippen molar-refractivity contribution in [3.05, 3.63) is 96.1 Å². The van der Waals surface area contributed by atoms with Crippen LogP contribution in [-0.4, -0.2) is 31.0 Å². The van der Waals surface area contributed by atoms with E-state index >= 15 is 0 Å². The second-order valence-electron chi connectivity index (χ2n) is 8.00. The van der Waals surface area contributed by atoms with Crippen molar-refractivity contribution in [1.29, 1.82) is 0 Å². The van der Waals surface area contributed by atoms with Gasteiger partial charge in [-0.15, -0.1) is 0 Å². The zero-order valence-electron chi connectivity index (χ0n) is 19.4. The summed E-state index contributed by atoms with van der Waals surface area (Å²) in [6.45, 7) is 3.57. The lowest BCUT2D eigenvalue weighted by Crippen LogP contribution is -2.41. The first-order chi connectivity index (χ1) is 16.4. The summed E-state index contributed by atoms with van der Waals surface area (Å²) in [5, 5.41) is 5.50. The molecular weight excluding hydrogens is 432 g/mol. The zero-order chi connectivity index (χ0) is 24.5. The summed E-state index contributed by atoms with van der Waals surface area (Å²) in [6.07, 6.45) is -1.06. The molecule has 0 bridgehead atoms. The summed E-state index contributed by atoms with van der Waals surface area (Å²) < 4.78 is 10.8. The van der Waals surface area contributed by atoms with Crippen LogP contribution in [0.2, 0.25) is 0 Å². The molecule has 176 valence electrons. The van der Waals surface area contributed by atoms with Crippen LogP contribution >= 0.6 is 0 Å². The van der Waals surface area contributed by atoms with Gasteiger partial charge >= 0.3 is 5.97 Å². The number of carbonyl (C=O) groups excluding carboxylic acids is 3. The van der Waals surface area contributed by atoms with E-state index in [-0.39, 0.29) is 5.92 Å². The Hall–Kier alpha value is -4.13. The van der Waals surface area contributed by atoms with E-state index in [1.54, 1.807) is 99.8 Å². The van der Waals surface area contributed by atoms with Gasteiger partial charge in [-0.25, -0.2) is 4.79 Å². The van der Waals surface area contributed by atoms with Crippen molar-refractivity contribution in [2.75, 3.05) is 12.4 Å². The molecule has 2 N–H and O–H groups in total. The highest BCUT2D eigenvalue weighted by Crippen LogP contribution is 2.20. The topological polar surface area (TPSA) is 93.7 Å². The van der Waals surface area contributed by atoms with Gasteiger partial charge in [-0.1, -0.05) is 62.4 Å². The van der Waals surface area contributed by atoms with E-state index in [0.717, 1.165) is 0 Å². The molecule has 0 fully saturated rings. The standard InChI is InChI=1S/C27H28N2O5/c1-18(2)24(26(31)28-21-14-16-22(33-3)17-15-21)34-27(32)23(19-10-6-4-7-11-19)29-25(30)20-12-8-5-9-13-20/h4-18,23-24H,1-3H3,(H,28,31)(H,29,30)/t23-,24-/m0/s1. The molecule has 2 amide bonds. The van der Waals surface area contributed by atoms with Gasteiger partial charge in [0.15, 0.2) is 12.1 Å². The van der Waals surface area contributed by atoms with E-state index in [2.05, 4.69) is 10.6 Å². The zero-order valence-corrected chi connectivity index (χ0v) is 19.4. The number of hydrogen-bond donors (Lipinski definition) is 2. The monoisotopic (exact) mass is 460 g/mol. The first-order valence-corrected chi connectivity index (χ1v) is 11.0. The van der Waals surface area contributed by atoms with Gasteiger partial charge in [-0.3, -0.25) is 9.59 Å². The molecule has 0 saturated carbocycles. The molecule has 0 unspecified atom stereocenters. The highest BCUT2D eigenvalue weighted by Gasteiger charge is 2.32. The highest BCUT2D eigenvalue weighted by molar-refractivity contribution is 5.98. The van der Waals surface area contributed by atoms with Gasteiger partial charge in [0.1, 0.15) is 5.75 Å². The molecule has 0 aliphatic carbocycles. The minimum Gasteiger partial charge on any atom is -0.497 e. The fraction of sp³-hybridized carbons (Fsp3) is 0.222. The number of amides is 2. The van der Waals surface area contributed by atoms with Gasteiger partial charge in [0.25, 0.3) is 11.8 Å². The number of nitrogens with one attached hydrogen (secondary N) is 2. The van der Waals surface area contributed by atoms with E-state index in [0.29, 0.717) is 22.6 Å². The minimum atomic E-state index is -1.08. The van der Waals surface area contributed by atoms with Crippen LogP contribution in [0.3, 0.4) is 0 Å². The maximum atomic E-state index is 13.2. The van der Waals surface area contributed by atoms with Gasteiger partial charge < -0.3 is 20.1 Å². The third-order valence-electron chi connectivity index (χ3n) is 5.14. The van der Waals surface area contributed by atoms with E-state index in [1.807, 2.05) is 6.07 Å². The molecule has 7 nitrogen and oxygen atoms in total. The normalized spacial score (nSPS) is 12.4. The fourth-order valence-corrected chi connectivity index (χ4v) is 3.30. The van der Waals surface area contributed by atoms with Crippen molar-refractivity contribution in [3.63, 3.8) is 0 Å². The quantitative estimate of drug-likeness (QED) is 0.463. The Labute approximate surface area is 199 Å². The van der Waals surface area contributed by atoms with E-state index in [4.69, 9.17) is 9.47 Å². The van der Waals surface area contributed by atoms with E-state index in [9.17, 15) is 14.4 Å². The second-order valence-corrected chi connectivity index (χ2v) is 8.00. The van der Waals surface area contributed by atoms with Crippen molar-refractivity contribution in [3.8, 4) is 5.75 Å². The number of methoxy groups -OCH3 is 1. The smallest absolute Gasteiger partial charge is 0.334 e. The summed E-state index contributed by atoms with van der Waals surface area (Å²) >= 11 is 0. The summed E-state index contributed by atoms with van der Waals surface area (Å²) in [5.74, 6) is -1.25. The minimum absolute atomic E-state index is 0.302. The van der Waals surface area contributed by atoms with Gasteiger partial charge in [-0.05, 0) is 47.9 Å². The molecule has 0 aromatic heterocycles. The Balaban J connectivity index is 1.78. The average Bonchev–Trinajstić information content (AvgIpc) is 2.86. The first kappa shape index (κ1) is 24.5. The number of rotatable bonds is 9. The number of benzene rings is 3. The van der Waals surface area contributed by atoms with Crippen molar-refractivity contribution in [2.45, 2.75) is 26.0 Å². The predicted octanol–water partition coefficient (Wildman–Crippen LogP) is 4.37. The highest BCUT2D eigenvalue weighted by atomic mass is 16.5. The number of esters is 1.